The lowest BCUT2D eigenvalue weighted by molar-refractivity contribution is -0.117. The summed E-state index contributed by atoms with van der Waals surface area (Å²) in [6.45, 7) is -0.153. The molecule has 7 heteroatoms. The molecule has 3 aromatic rings. The molecule has 1 aliphatic rings. The SMILES string of the molecule is O=C1CN(C(=O)c2cccc(Br)c2)C(c2ccc(F)cc2)c2cc(Cl)ccc2N1. The molecule has 29 heavy (non-hydrogen) atoms. The summed E-state index contributed by atoms with van der Waals surface area (Å²) in [7, 11) is 0. The largest absolute Gasteiger partial charge is 0.324 e. The standard InChI is InChI=1S/C22H15BrClFN2O2/c23-15-3-1-2-14(10-15)22(29)27-12-20(28)26-19-9-6-16(24)11-18(19)21(27)13-4-7-17(25)8-5-13/h1-11,21H,12H2,(H,26,28). The van der Waals surface area contributed by atoms with E-state index in [0.717, 1.165) is 4.47 Å². The number of halogens is 3. The van der Waals surface area contributed by atoms with E-state index >= 15 is 0 Å². The Bertz CT molecular complexity index is 1100. The summed E-state index contributed by atoms with van der Waals surface area (Å²) in [6, 6.07) is 17.3. The summed E-state index contributed by atoms with van der Waals surface area (Å²) in [6.07, 6.45) is 0. The van der Waals surface area contributed by atoms with E-state index in [1.165, 1.54) is 17.0 Å². The van der Waals surface area contributed by atoms with Crippen LogP contribution in [0.15, 0.2) is 71.2 Å². The fraction of sp³-hybridized carbons (Fsp3) is 0.0909. The van der Waals surface area contributed by atoms with Crippen LogP contribution in [0.5, 0.6) is 0 Å². The highest BCUT2D eigenvalue weighted by atomic mass is 79.9. The fourth-order valence-corrected chi connectivity index (χ4v) is 4.04. The Labute approximate surface area is 180 Å². The second-order valence-electron chi connectivity index (χ2n) is 6.68. The van der Waals surface area contributed by atoms with Crippen molar-refractivity contribution in [3.05, 3.63) is 98.7 Å². The van der Waals surface area contributed by atoms with Crippen LogP contribution in [0, 0.1) is 5.82 Å². The first-order chi connectivity index (χ1) is 13.9. The molecule has 0 radical (unpaired) electrons. The number of amides is 2. The summed E-state index contributed by atoms with van der Waals surface area (Å²) in [5, 5.41) is 3.31. The minimum absolute atomic E-state index is 0.153. The number of anilines is 1. The van der Waals surface area contributed by atoms with E-state index in [9.17, 15) is 14.0 Å². The Balaban J connectivity index is 1.90. The number of benzene rings is 3. The van der Waals surface area contributed by atoms with Crippen LogP contribution in [0.3, 0.4) is 0 Å². The summed E-state index contributed by atoms with van der Waals surface area (Å²) in [4.78, 5) is 27.5. The zero-order valence-corrected chi connectivity index (χ0v) is 17.4. The molecule has 0 spiro atoms. The van der Waals surface area contributed by atoms with Crippen LogP contribution in [-0.4, -0.2) is 23.3 Å². The number of carbonyl (C=O) groups excluding carboxylic acids is 2. The molecule has 1 atom stereocenters. The van der Waals surface area contributed by atoms with Crippen molar-refractivity contribution in [3.8, 4) is 0 Å². The summed E-state index contributed by atoms with van der Waals surface area (Å²) in [5.74, 6) is -1.02. The molecule has 146 valence electrons. The second kappa shape index (κ2) is 7.97. The minimum atomic E-state index is -0.616. The van der Waals surface area contributed by atoms with Gasteiger partial charge in [-0.1, -0.05) is 45.7 Å². The molecule has 1 aliphatic heterocycles. The topological polar surface area (TPSA) is 49.4 Å². The average molecular weight is 474 g/mol. The third-order valence-corrected chi connectivity index (χ3v) is 5.45. The van der Waals surface area contributed by atoms with E-state index in [4.69, 9.17) is 11.6 Å². The van der Waals surface area contributed by atoms with Gasteiger partial charge in [-0.05, 0) is 54.1 Å². The van der Waals surface area contributed by atoms with Gasteiger partial charge in [0.2, 0.25) is 5.91 Å². The monoisotopic (exact) mass is 472 g/mol. The van der Waals surface area contributed by atoms with Crippen LogP contribution < -0.4 is 5.32 Å². The number of hydrogen-bond donors (Lipinski definition) is 1. The second-order valence-corrected chi connectivity index (χ2v) is 8.03. The van der Waals surface area contributed by atoms with Crippen molar-refractivity contribution in [2.75, 3.05) is 11.9 Å². The van der Waals surface area contributed by atoms with Gasteiger partial charge >= 0.3 is 0 Å². The fourth-order valence-electron chi connectivity index (χ4n) is 3.46. The van der Waals surface area contributed by atoms with Crippen LogP contribution in [0.4, 0.5) is 10.1 Å². The van der Waals surface area contributed by atoms with Gasteiger partial charge in [0.25, 0.3) is 5.91 Å². The van der Waals surface area contributed by atoms with E-state index in [1.54, 1.807) is 48.5 Å². The number of rotatable bonds is 2. The third kappa shape index (κ3) is 4.04. The van der Waals surface area contributed by atoms with Gasteiger partial charge < -0.3 is 10.2 Å². The number of carbonyl (C=O) groups is 2. The molecule has 0 saturated heterocycles. The van der Waals surface area contributed by atoms with Crippen LogP contribution in [0.25, 0.3) is 0 Å². The van der Waals surface area contributed by atoms with Gasteiger partial charge in [0.1, 0.15) is 12.4 Å². The molecule has 1 N–H and O–H groups in total. The number of hydrogen-bond acceptors (Lipinski definition) is 2. The Hall–Kier alpha value is -2.70. The molecule has 0 saturated carbocycles. The first kappa shape index (κ1) is 19.6. The summed E-state index contributed by atoms with van der Waals surface area (Å²) >= 11 is 9.60. The van der Waals surface area contributed by atoms with Crippen LogP contribution in [-0.2, 0) is 4.79 Å². The minimum Gasteiger partial charge on any atom is -0.324 e. The molecule has 1 heterocycles. The molecule has 1 unspecified atom stereocenters. The van der Waals surface area contributed by atoms with E-state index in [1.807, 2.05) is 6.07 Å². The van der Waals surface area contributed by atoms with E-state index in [0.29, 0.717) is 27.4 Å². The van der Waals surface area contributed by atoms with Crippen molar-refractivity contribution in [2.24, 2.45) is 0 Å². The maximum Gasteiger partial charge on any atom is 0.255 e. The third-order valence-electron chi connectivity index (χ3n) is 4.73. The normalized spacial score (nSPS) is 16.0. The molecule has 3 aromatic carbocycles. The quantitative estimate of drug-likeness (QED) is 0.540. The zero-order valence-electron chi connectivity index (χ0n) is 15.0. The Morgan fingerprint density at radius 2 is 1.86 bits per heavy atom. The average Bonchev–Trinajstić information content (AvgIpc) is 2.84. The number of nitrogens with zero attached hydrogens (tertiary/aromatic N) is 1. The molecule has 0 bridgehead atoms. The van der Waals surface area contributed by atoms with E-state index in [-0.39, 0.29) is 24.2 Å². The molecular formula is C22H15BrClFN2O2. The van der Waals surface area contributed by atoms with Crippen molar-refractivity contribution in [3.63, 3.8) is 0 Å². The molecule has 2 amide bonds. The van der Waals surface area contributed by atoms with Crippen molar-refractivity contribution in [1.82, 2.24) is 4.90 Å². The van der Waals surface area contributed by atoms with Gasteiger partial charge in [0.15, 0.2) is 0 Å². The Kier molecular flexibility index (Phi) is 5.39. The maximum absolute atomic E-state index is 13.5. The molecular weight excluding hydrogens is 459 g/mol. The Morgan fingerprint density at radius 3 is 2.59 bits per heavy atom. The molecule has 0 fully saturated rings. The van der Waals surface area contributed by atoms with Crippen molar-refractivity contribution < 1.29 is 14.0 Å². The summed E-state index contributed by atoms with van der Waals surface area (Å²) < 4.78 is 14.3. The first-order valence-electron chi connectivity index (χ1n) is 8.83. The number of fused-ring (bicyclic) bond motifs is 1. The van der Waals surface area contributed by atoms with Crippen molar-refractivity contribution in [2.45, 2.75) is 6.04 Å². The first-order valence-corrected chi connectivity index (χ1v) is 10.0. The van der Waals surface area contributed by atoms with Crippen molar-refractivity contribution >= 4 is 45.0 Å². The van der Waals surface area contributed by atoms with Gasteiger partial charge in [-0.3, -0.25) is 9.59 Å². The van der Waals surface area contributed by atoms with Gasteiger partial charge in [-0.2, -0.15) is 0 Å². The predicted octanol–water partition coefficient (Wildman–Crippen LogP) is 5.43. The van der Waals surface area contributed by atoms with Crippen molar-refractivity contribution in [1.29, 1.82) is 0 Å². The van der Waals surface area contributed by atoms with Crippen LogP contribution >= 0.6 is 27.5 Å². The van der Waals surface area contributed by atoms with Gasteiger partial charge in [-0.15, -0.1) is 0 Å². The lowest BCUT2D eigenvalue weighted by Crippen LogP contribution is -2.39. The van der Waals surface area contributed by atoms with Gasteiger partial charge in [-0.25, -0.2) is 4.39 Å². The van der Waals surface area contributed by atoms with Gasteiger partial charge in [0, 0.05) is 26.3 Å². The number of nitrogens with one attached hydrogen (secondary N) is 1. The predicted molar refractivity (Wildman–Crippen MR) is 114 cm³/mol. The molecule has 0 aliphatic carbocycles. The lowest BCUT2D eigenvalue weighted by Gasteiger charge is -2.30. The molecule has 4 rings (SSSR count). The van der Waals surface area contributed by atoms with E-state index in [2.05, 4.69) is 21.2 Å². The highest BCUT2D eigenvalue weighted by Crippen LogP contribution is 2.38. The molecule has 0 aromatic heterocycles. The highest BCUT2D eigenvalue weighted by Gasteiger charge is 2.34. The molecule has 4 nitrogen and oxygen atoms in total. The maximum atomic E-state index is 13.5. The summed E-state index contributed by atoms with van der Waals surface area (Å²) in [5.41, 5.74) is 2.34. The van der Waals surface area contributed by atoms with E-state index < -0.39 is 6.04 Å². The smallest absolute Gasteiger partial charge is 0.255 e. The zero-order chi connectivity index (χ0) is 20.5. The van der Waals surface area contributed by atoms with Crippen LogP contribution in [0.2, 0.25) is 5.02 Å². The highest BCUT2D eigenvalue weighted by molar-refractivity contribution is 9.10. The van der Waals surface area contributed by atoms with Gasteiger partial charge in [0.05, 0.1) is 6.04 Å². The lowest BCUT2D eigenvalue weighted by atomic mass is 9.95. The van der Waals surface area contributed by atoms with Crippen LogP contribution in [0.1, 0.15) is 27.5 Å². The Morgan fingerprint density at radius 1 is 1.10 bits per heavy atom.